The first-order chi connectivity index (χ1) is 34.0. The first kappa shape index (κ1) is 40.5. The summed E-state index contributed by atoms with van der Waals surface area (Å²) in [4.78, 5) is 7.82. The molecule has 0 saturated heterocycles. The van der Waals surface area contributed by atoms with Gasteiger partial charge < -0.3 is 9.47 Å². The van der Waals surface area contributed by atoms with Gasteiger partial charge in [-0.3, -0.25) is 0 Å². The second kappa shape index (κ2) is 16.2. The molecule has 12 aromatic rings. The zero-order valence-electron chi connectivity index (χ0n) is 38.5. The fraction of sp³-hybridized carbons (Fsp3) is 0.0455. The lowest BCUT2D eigenvalue weighted by Gasteiger charge is -2.27. The number of hydrogen-bond donors (Lipinski definition) is 0. The number of aromatic nitrogens is 2. The molecule has 0 saturated carbocycles. The van der Waals surface area contributed by atoms with Crippen LogP contribution < -0.4 is 4.90 Å². The van der Waals surface area contributed by atoms with Gasteiger partial charge in [0.15, 0.2) is 0 Å². The van der Waals surface area contributed by atoms with E-state index in [-0.39, 0.29) is 5.41 Å². The summed E-state index contributed by atoms with van der Waals surface area (Å²) in [6, 6.07) is 90.5. The molecule has 0 fully saturated rings. The van der Waals surface area contributed by atoms with E-state index in [9.17, 15) is 0 Å². The predicted molar refractivity (Wildman–Crippen MR) is 290 cm³/mol. The summed E-state index contributed by atoms with van der Waals surface area (Å²) < 4.78 is 2.46. The third-order valence-electron chi connectivity index (χ3n) is 14.4. The first-order valence-electron chi connectivity index (χ1n) is 23.9. The van der Waals surface area contributed by atoms with Gasteiger partial charge in [0.05, 0.1) is 27.9 Å². The smallest absolute Gasteiger partial charge is 0.0788 e. The van der Waals surface area contributed by atoms with Crippen molar-refractivity contribution in [1.29, 1.82) is 0 Å². The van der Waals surface area contributed by atoms with Crippen molar-refractivity contribution in [3.8, 4) is 61.5 Å². The van der Waals surface area contributed by atoms with Gasteiger partial charge in [-0.1, -0.05) is 196 Å². The van der Waals surface area contributed by atoms with E-state index >= 15 is 0 Å². The molecule has 3 heteroatoms. The van der Waals surface area contributed by atoms with E-state index in [0.717, 1.165) is 67.1 Å². The Bertz CT molecular complexity index is 3890. The lowest BCUT2D eigenvalue weighted by Crippen LogP contribution is -2.14. The minimum absolute atomic E-state index is 0.0720. The number of para-hydroxylation sites is 3. The second-order valence-electron chi connectivity index (χ2n) is 18.7. The van der Waals surface area contributed by atoms with Gasteiger partial charge in [-0.25, -0.2) is 4.98 Å². The molecule has 1 aliphatic carbocycles. The number of rotatable bonds is 8. The molecule has 0 amide bonds. The fourth-order valence-corrected chi connectivity index (χ4v) is 10.9. The van der Waals surface area contributed by atoms with Crippen LogP contribution in [0.3, 0.4) is 0 Å². The second-order valence-corrected chi connectivity index (χ2v) is 18.7. The van der Waals surface area contributed by atoms with Crippen molar-refractivity contribution in [1.82, 2.24) is 9.55 Å². The van der Waals surface area contributed by atoms with Gasteiger partial charge in [0, 0.05) is 49.8 Å². The molecule has 2 heterocycles. The number of benzene rings is 10. The summed E-state index contributed by atoms with van der Waals surface area (Å²) in [7, 11) is 0. The van der Waals surface area contributed by atoms with Gasteiger partial charge >= 0.3 is 0 Å². The number of nitrogens with zero attached hydrogens (tertiary/aromatic N) is 3. The van der Waals surface area contributed by atoms with Gasteiger partial charge in [-0.15, -0.1) is 0 Å². The van der Waals surface area contributed by atoms with E-state index in [0.29, 0.717) is 0 Å². The van der Waals surface area contributed by atoms with E-state index in [1.807, 2.05) is 0 Å². The Hall–Kier alpha value is -8.79. The van der Waals surface area contributed by atoms with Gasteiger partial charge in [-0.05, 0) is 117 Å². The van der Waals surface area contributed by atoms with E-state index in [1.54, 1.807) is 0 Å². The van der Waals surface area contributed by atoms with Crippen molar-refractivity contribution in [3.63, 3.8) is 0 Å². The standard InChI is InChI=1S/C66H47N3/c1-66(2)59-26-14-13-24-54(59)55-39-33-48(42-60(55)66)46-31-37-53(38-32-46)68(52-35-29-45(30-36-52)44-17-6-3-7-18-44)62-28-16-25-57-56-40-34-50(43-63(56)69(65(57)62)51-22-10-5-11-23-51)64-58(47-19-8-4-9-20-47)41-49-21-12-15-27-61(49)67-64/h3-43H,1-2H3. The average molecular weight is 882 g/mol. The van der Waals surface area contributed by atoms with Crippen LogP contribution in [0.25, 0.3) is 94.2 Å². The number of fused-ring (bicyclic) bond motifs is 7. The summed E-state index contributed by atoms with van der Waals surface area (Å²) in [6.45, 7) is 4.70. The molecule has 2 aromatic heterocycles. The third kappa shape index (κ3) is 6.77. The Labute approximate surface area is 402 Å². The van der Waals surface area contributed by atoms with Crippen molar-refractivity contribution in [2.75, 3.05) is 4.90 Å². The summed E-state index contributed by atoms with van der Waals surface area (Å²) in [5.41, 5.74) is 22.0. The Kier molecular flexibility index (Phi) is 9.52. The summed E-state index contributed by atoms with van der Waals surface area (Å²) in [5, 5.41) is 3.48. The normalized spacial score (nSPS) is 12.6. The summed E-state index contributed by atoms with van der Waals surface area (Å²) in [6.07, 6.45) is 0. The molecule has 1 aliphatic rings. The maximum atomic E-state index is 5.38. The maximum absolute atomic E-state index is 5.38. The molecule has 0 radical (unpaired) electrons. The third-order valence-corrected chi connectivity index (χ3v) is 14.4. The number of anilines is 3. The van der Waals surface area contributed by atoms with Gasteiger partial charge in [0.2, 0.25) is 0 Å². The molecule has 0 atom stereocenters. The van der Waals surface area contributed by atoms with Crippen molar-refractivity contribution in [2.24, 2.45) is 0 Å². The Morgan fingerprint density at radius 1 is 0.391 bits per heavy atom. The molecule has 10 aromatic carbocycles. The van der Waals surface area contributed by atoms with Crippen molar-refractivity contribution in [2.45, 2.75) is 19.3 Å². The summed E-state index contributed by atoms with van der Waals surface area (Å²) in [5.74, 6) is 0. The predicted octanol–water partition coefficient (Wildman–Crippen LogP) is 17.8. The highest BCUT2D eigenvalue weighted by Gasteiger charge is 2.35. The molecule has 0 spiro atoms. The lowest BCUT2D eigenvalue weighted by molar-refractivity contribution is 0.660. The van der Waals surface area contributed by atoms with Crippen LogP contribution in [0.4, 0.5) is 17.1 Å². The Balaban J connectivity index is 1.00. The Morgan fingerprint density at radius 2 is 0.971 bits per heavy atom. The molecule has 69 heavy (non-hydrogen) atoms. The highest BCUT2D eigenvalue weighted by atomic mass is 15.2. The number of pyridine rings is 1. The molecule has 0 N–H and O–H groups in total. The van der Waals surface area contributed by atoms with Crippen molar-refractivity contribution < 1.29 is 0 Å². The quantitative estimate of drug-likeness (QED) is 0.152. The zero-order chi connectivity index (χ0) is 46.1. The SMILES string of the molecule is CC1(C)c2ccccc2-c2ccc(-c3ccc(N(c4ccc(-c5ccccc5)cc4)c4cccc5c6ccc(-c7nc8ccccc8cc7-c7ccccc7)cc6n(-c6ccccc6)c45)cc3)cc21. The topological polar surface area (TPSA) is 21.1 Å². The van der Waals surface area contributed by atoms with E-state index in [1.165, 1.54) is 55.3 Å². The number of hydrogen-bond acceptors (Lipinski definition) is 2. The molecular formula is C66H47N3. The van der Waals surface area contributed by atoms with Crippen LogP contribution in [-0.4, -0.2) is 9.55 Å². The molecular weight excluding hydrogens is 835 g/mol. The van der Waals surface area contributed by atoms with Crippen LogP contribution >= 0.6 is 0 Å². The van der Waals surface area contributed by atoms with Gasteiger partial charge in [-0.2, -0.15) is 0 Å². The lowest BCUT2D eigenvalue weighted by atomic mass is 9.81. The molecule has 0 aliphatic heterocycles. The van der Waals surface area contributed by atoms with Crippen LogP contribution in [-0.2, 0) is 5.41 Å². The van der Waals surface area contributed by atoms with E-state index in [2.05, 4.69) is 272 Å². The average Bonchev–Trinajstić information content (AvgIpc) is 3.87. The summed E-state index contributed by atoms with van der Waals surface area (Å²) >= 11 is 0. The van der Waals surface area contributed by atoms with Crippen LogP contribution in [0.15, 0.2) is 249 Å². The highest BCUT2D eigenvalue weighted by molar-refractivity contribution is 6.15. The molecule has 326 valence electrons. The van der Waals surface area contributed by atoms with Gasteiger partial charge in [0.25, 0.3) is 0 Å². The molecule has 0 unspecified atom stereocenters. The largest absolute Gasteiger partial charge is 0.308 e. The van der Waals surface area contributed by atoms with Crippen molar-refractivity contribution in [3.05, 3.63) is 260 Å². The van der Waals surface area contributed by atoms with E-state index < -0.39 is 0 Å². The van der Waals surface area contributed by atoms with Crippen LogP contribution in [0.1, 0.15) is 25.0 Å². The first-order valence-corrected chi connectivity index (χ1v) is 23.9. The molecule has 0 bridgehead atoms. The monoisotopic (exact) mass is 881 g/mol. The van der Waals surface area contributed by atoms with Crippen molar-refractivity contribution >= 4 is 49.8 Å². The van der Waals surface area contributed by atoms with Crippen LogP contribution in [0.2, 0.25) is 0 Å². The molecule has 13 rings (SSSR count). The van der Waals surface area contributed by atoms with Crippen LogP contribution in [0, 0.1) is 0 Å². The zero-order valence-corrected chi connectivity index (χ0v) is 38.5. The van der Waals surface area contributed by atoms with Gasteiger partial charge in [0.1, 0.15) is 0 Å². The Morgan fingerprint density at radius 3 is 1.71 bits per heavy atom. The highest BCUT2D eigenvalue weighted by Crippen LogP contribution is 2.50. The van der Waals surface area contributed by atoms with Crippen LogP contribution in [0.5, 0.6) is 0 Å². The van der Waals surface area contributed by atoms with E-state index in [4.69, 9.17) is 4.98 Å². The maximum Gasteiger partial charge on any atom is 0.0788 e. The minimum Gasteiger partial charge on any atom is -0.308 e. The fourth-order valence-electron chi connectivity index (χ4n) is 10.9. The minimum atomic E-state index is -0.0720. The molecule has 3 nitrogen and oxygen atoms in total.